The normalized spacial score (nSPS) is 10.3. The van der Waals surface area contributed by atoms with Crippen LogP contribution in [0.5, 0.6) is 0 Å². The number of nitrogens with zero attached hydrogens (tertiary/aromatic N) is 1. The number of hydrogen-bond acceptors (Lipinski definition) is 4. The van der Waals surface area contributed by atoms with E-state index in [1.165, 1.54) is 11.3 Å². The summed E-state index contributed by atoms with van der Waals surface area (Å²) in [5, 5.41) is 5.85. The Bertz CT molecular complexity index is 467. The smallest absolute Gasteiger partial charge is 0.261 e. The van der Waals surface area contributed by atoms with Crippen molar-refractivity contribution in [3.05, 3.63) is 37.4 Å². The van der Waals surface area contributed by atoms with E-state index in [-0.39, 0.29) is 5.91 Å². The van der Waals surface area contributed by atoms with Crippen LogP contribution in [0.15, 0.2) is 27.5 Å². The Labute approximate surface area is 110 Å². The van der Waals surface area contributed by atoms with Crippen LogP contribution in [0.2, 0.25) is 0 Å². The molecule has 84 valence electrons. The number of carbonyl (C=O) groups excluding carboxylic acids is 1. The second-order valence-electron chi connectivity index (χ2n) is 3.04. The van der Waals surface area contributed by atoms with Gasteiger partial charge in [0.05, 0.1) is 13.7 Å². The number of rotatable bonds is 4. The quantitative estimate of drug-likeness (QED) is 0.942. The number of halogens is 1. The van der Waals surface area contributed by atoms with Crippen LogP contribution in [0.4, 0.5) is 0 Å². The van der Waals surface area contributed by atoms with Crippen molar-refractivity contribution in [3.63, 3.8) is 0 Å². The molecule has 0 saturated heterocycles. The Morgan fingerprint density at radius 3 is 3.00 bits per heavy atom. The van der Waals surface area contributed by atoms with Gasteiger partial charge in [0.15, 0.2) is 0 Å². The lowest BCUT2D eigenvalue weighted by atomic mass is 10.4. The van der Waals surface area contributed by atoms with Crippen LogP contribution >= 0.6 is 38.6 Å². The van der Waals surface area contributed by atoms with E-state index in [0.29, 0.717) is 6.54 Å². The van der Waals surface area contributed by atoms with Crippen molar-refractivity contribution < 1.29 is 4.79 Å². The molecular weight excluding hydrogens is 308 g/mol. The first-order valence-electron chi connectivity index (χ1n) is 4.67. The highest BCUT2D eigenvalue weighted by Crippen LogP contribution is 2.21. The van der Waals surface area contributed by atoms with Gasteiger partial charge in [-0.2, -0.15) is 0 Å². The van der Waals surface area contributed by atoms with Crippen molar-refractivity contribution in [1.29, 1.82) is 0 Å². The van der Waals surface area contributed by atoms with Crippen LogP contribution in [0.3, 0.4) is 0 Å². The number of thiazole rings is 1. The van der Waals surface area contributed by atoms with E-state index in [9.17, 15) is 4.79 Å². The molecule has 0 atom stereocenters. The van der Waals surface area contributed by atoms with Gasteiger partial charge in [-0.15, -0.1) is 22.7 Å². The number of nitrogens with one attached hydrogen (secondary N) is 1. The second-order valence-corrected chi connectivity index (χ2v) is 6.48. The van der Waals surface area contributed by atoms with Crippen LogP contribution in [0.25, 0.3) is 0 Å². The van der Waals surface area contributed by atoms with Gasteiger partial charge >= 0.3 is 0 Å². The van der Waals surface area contributed by atoms with Crippen LogP contribution in [-0.2, 0) is 6.42 Å². The van der Waals surface area contributed by atoms with E-state index in [4.69, 9.17) is 0 Å². The van der Waals surface area contributed by atoms with E-state index < -0.39 is 0 Å². The lowest BCUT2D eigenvalue weighted by Crippen LogP contribution is -2.24. The summed E-state index contributed by atoms with van der Waals surface area (Å²) in [6.07, 6.45) is 2.56. The molecule has 0 aliphatic rings. The monoisotopic (exact) mass is 316 g/mol. The number of amides is 1. The Kier molecular flexibility index (Phi) is 4.09. The average Bonchev–Trinajstić information content (AvgIpc) is 2.89. The summed E-state index contributed by atoms with van der Waals surface area (Å²) in [7, 11) is 0. The van der Waals surface area contributed by atoms with E-state index in [2.05, 4.69) is 26.2 Å². The highest BCUT2D eigenvalue weighted by Gasteiger charge is 2.07. The van der Waals surface area contributed by atoms with Gasteiger partial charge in [-0.05, 0) is 28.1 Å². The Morgan fingerprint density at radius 1 is 1.50 bits per heavy atom. The van der Waals surface area contributed by atoms with Gasteiger partial charge in [0.2, 0.25) is 0 Å². The van der Waals surface area contributed by atoms with E-state index in [0.717, 1.165) is 20.1 Å². The van der Waals surface area contributed by atoms with Gasteiger partial charge in [-0.1, -0.05) is 0 Å². The molecule has 3 nitrogen and oxygen atoms in total. The topological polar surface area (TPSA) is 42.0 Å². The molecule has 0 spiro atoms. The number of thiophene rings is 1. The molecule has 1 N–H and O–H groups in total. The molecule has 0 aromatic carbocycles. The fourth-order valence-corrected chi connectivity index (χ4v) is 3.11. The first-order valence-corrected chi connectivity index (χ1v) is 7.16. The first-order chi connectivity index (χ1) is 7.75. The van der Waals surface area contributed by atoms with Crippen LogP contribution in [-0.4, -0.2) is 17.4 Å². The molecule has 6 heteroatoms. The highest BCUT2D eigenvalue weighted by atomic mass is 79.9. The van der Waals surface area contributed by atoms with Crippen molar-refractivity contribution in [3.8, 4) is 0 Å². The van der Waals surface area contributed by atoms with Gasteiger partial charge in [-0.3, -0.25) is 4.79 Å². The molecule has 0 fully saturated rings. The maximum Gasteiger partial charge on any atom is 0.261 e. The van der Waals surface area contributed by atoms with Gasteiger partial charge < -0.3 is 5.32 Å². The molecule has 1 amide bonds. The third-order valence-electron chi connectivity index (χ3n) is 1.90. The van der Waals surface area contributed by atoms with Crippen molar-refractivity contribution in [1.82, 2.24) is 10.3 Å². The Morgan fingerprint density at radius 2 is 2.38 bits per heavy atom. The summed E-state index contributed by atoms with van der Waals surface area (Å²) in [6, 6.07) is 3.69. The molecule has 2 aromatic heterocycles. The predicted molar refractivity (Wildman–Crippen MR) is 70.2 cm³/mol. The average molecular weight is 317 g/mol. The largest absolute Gasteiger partial charge is 0.351 e. The summed E-state index contributed by atoms with van der Waals surface area (Å²) >= 11 is 6.37. The second kappa shape index (κ2) is 5.56. The summed E-state index contributed by atoms with van der Waals surface area (Å²) in [5.41, 5.74) is 0. The van der Waals surface area contributed by atoms with Gasteiger partial charge in [-0.25, -0.2) is 4.98 Å². The Balaban J connectivity index is 1.80. The zero-order valence-corrected chi connectivity index (χ0v) is 11.5. The molecule has 2 rings (SSSR count). The molecule has 0 unspecified atom stereocenters. The van der Waals surface area contributed by atoms with Crippen molar-refractivity contribution in [2.75, 3.05) is 6.54 Å². The molecule has 0 aliphatic carbocycles. The fourth-order valence-electron chi connectivity index (χ4n) is 1.18. The zero-order chi connectivity index (χ0) is 11.4. The minimum Gasteiger partial charge on any atom is -0.351 e. The number of carbonyl (C=O) groups is 1. The summed E-state index contributed by atoms with van der Waals surface area (Å²) in [4.78, 5) is 16.5. The lowest BCUT2D eigenvalue weighted by molar-refractivity contribution is 0.0958. The van der Waals surface area contributed by atoms with Crippen molar-refractivity contribution >= 4 is 44.5 Å². The molecule has 2 heterocycles. The van der Waals surface area contributed by atoms with Crippen LogP contribution in [0, 0.1) is 0 Å². The molecule has 16 heavy (non-hydrogen) atoms. The molecule has 0 radical (unpaired) electrons. The summed E-state index contributed by atoms with van der Waals surface area (Å²) in [6.45, 7) is 0.627. The third-order valence-corrected chi connectivity index (χ3v) is 4.37. The minimum absolute atomic E-state index is 0.0211. The molecule has 0 saturated carbocycles. The third kappa shape index (κ3) is 3.13. The zero-order valence-electron chi connectivity index (χ0n) is 8.27. The van der Waals surface area contributed by atoms with Gasteiger partial charge in [0.25, 0.3) is 5.91 Å². The maximum atomic E-state index is 11.6. The van der Waals surface area contributed by atoms with E-state index in [1.54, 1.807) is 17.5 Å². The molecule has 2 aromatic rings. The SMILES string of the molecule is O=C(NCCc1nccs1)c1ccc(Br)s1. The van der Waals surface area contributed by atoms with Crippen molar-refractivity contribution in [2.45, 2.75) is 6.42 Å². The Hall–Kier alpha value is -0.720. The fraction of sp³-hybridized carbons (Fsp3) is 0.200. The molecule has 0 bridgehead atoms. The van der Waals surface area contributed by atoms with Gasteiger partial charge in [0.1, 0.15) is 0 Å². The van der Waals surface area contributed by atoms with E-state index >= 15 is 0 Å². The van der Waals surface area contributed by atoms with Crippen molar-refractivity contribution in [2.24, 2.45) is 0 Å². The molecular formula is C10H9BrN2OS2. The van der Waals surface area contributed by atoms with Crippen LogP contribution < -0.4 is 5.32 Å². The standard InChI is InChI=1S/C10H9BrN2OS2/c11-8-2-1-7(16-8)10(14)13-4-3-9-12-5-6-15-9/h1-2,5-6H,3-4H2,(H,13,14). The first kappa shape index (κ1) is 11.8. The summed E-state index contributed by atoms with van der Waals surface area (Å²) < 4.78 is 0.970. The lowest BCUT2D eigenvalue weighted by Gasteiger charge is -2.00. The van der Waals surface area contributed by atoms with Crippen LogP contribution in [0.1, 0.15) is 14.7 Å². The minimum atomic E-state index is -0.0211. The van der Waals surface area contributed by atoms with E-state index in [1.807, 2.05) is 17.5 Å². The molecule has 0 aliphatic heterocycles. The highest BCUT2D eigenvalue weighted by molar-refractivity contribution is 9.11. The van der Waals surface area contributed by atoms with Gasteiger partial charge in [0, 0.05) is 24.5 Å². The number of hydrogen-bond donors (Lipinski definition) is 1. The predicted octanol–water partition coefficient (Wildman–Crippen LogP) is 2.94. The number of aromatic nitrogens is 1. The summed E-state index contributed by atoms with van der Waals surface area (Å²) in [5.74, 6) is -0.0211. The maximum absolute atomic E-state index is 11.6.